The van der Waals surface area contributed by atoms with E-state index in [9.17, 15) is 0 Å². The van der Waals surface area contributed by atoms with Gasteiger partial charge in [-0.2, -0.15) is 0 Å². The first-order chi connectivity index (χ1) is 57.0. The van der Waals surface area contributed by atoms with Crippen LogP contribution in [0.5, 0.6) is 0 Å². The number of unbranched alkanes of at least 4 members (excludes halogenated alkanes) is 14. The van der Waals surface area contributed by atoms with Gasteiger partial charge in [0, 0.05) is 51.2 Å². The molecule has 13 aromatic carbocycles. The number of fused-ring (bicyclic) bond motifs is 3. The number of anilines is 9. The molecule has 0 saturated heterocycles. The molecule has 1 aliphatic carbocycles. The first-order valence-corrected chi connectivity index (χ1v) is 44.8. The molecule has 13 aromatic rings. The molecule has 0 bridgehead atoms. The lowest BCUT2D eigenvalue weighted by Gasteiger charge is -2.35. The van der Waals surface area contributed by atoms with Gasteiger partial charge in [0.05, 0.1) is 5.41 Å². The largest absolute Gasteiger partial charge is 0.310 e. The molecule has 0 spiro atoms. The van der Waals surface area contributed by atoms with E-state index in [2.05, 4.69) is 367 Å². The number of nitrogens with zero attached hydrogens (tertiary/aromatic N) is 3. The zero-order chi connectivity index (χ0) is 80.0. The molecule has 1 aliphatic rings. The number of hydrogen-bond donors (Lipinski definition) is 0. The summed E-state index contributed by atoms with van der Waals surface area (Å²) >= 11 is 0. The van der Waals surface area contributed by atoms with Gasteiger partial charge in [-0.25, -0.2) is 0 Å². The molecule has 0 N–H and O–H groups in total. The number of hydrogen-bond acceptors (Lipinski definition) is 3. The van der Waals surface area contributed by atoms with Crippen molar-refractivity contribution in [3.8, 4) is 44.5 Å². The highest BCUT2D eigenvalue weighted by atomic mass is 15.2. The van der Waals surface area contributed by atoms with Crippen LogP contribution in [0.3, 0.4) is 0 Å². The van der Waals surface area contributed by atoms with Gasteiger partial charge in [0.2, 0.25) is 0 Å². The fourth-order valence-electron chi connectivity index (χ4n) is 18.0. The fourth-order valence-corrected chi connectivity index (χ4v) is 18.0. The van der Waals surface area contributed by atoms with Crippen molar-refractivity contribution < 1.29 is 0 Å². The zero-order valence-corrected chi connectivity index (χ0v) is 71.0. The Balaban J connectivity index is 0.816. The van der Waals surface area contributed by atoms with Crippen molar-refractivity contribution in [2.24, 2.45) is 0 Å². The molecule has 0 fully saturated rings. The molecular formula is C113H125N3. The highest BCUT2D eigenvalue weighted by Gasteiger charge is 2.47. The van der Waals surface area contributed by atoms with E-state index in [-0.39, 0.29) is 0 Å². The monoisotopic (exact) mass is 1520 g/mol. The van der Waals surface area contributed by atoms with Crippen LogP contribution in [0.25, 0.3) is 44.5 Å². The molecule has 0 unspecified atom stereocenters. The second-order valence-corrected chi connectivity index (χ2v) is 33.3. The number of benzene rings is 13. The van der Waals surface area contributed by atoms with E-state index in [4.69, 9.17) is 0 Å². The summed E-state index contributed by atoms with van der Waals surface area (Å²) in [6.07, 6.45) is 31.1. The van der Waals surface area contributed by atoms with Crippen molar-refractivity contribution >= 4 is 51.2 Å². The third kappa shape index (κ3) is 19.5. The molecule has 0 atom stereocenters. The molecule has 0 heterocycles. The molecule has 0 aliphatic heterocycles. The van der Waals surface area contributed by atoms with Crippen LogP contribution in [0.1, 0.15) is 237 Å². The van der Waals surface area contributed by atoms with Crippen LogP contribution < -0.4 is 14.7 Å². The summed E-state index contributed by atoms with van der Waals surface area (Å²) in [4.78, 5) is 7.39. The van der Waals surface area contributed by atoms with Gasteiger partial charge in [0.1, 0.15) is 0 Å². The Bertz CT molecular complexity index is 5190. The van der Waals surface area contributed by atoms with Crippen molar-refractivity contribution in [3.63, 3.8) is 0 Å². The summed E-state index contributed by atoms with van der Waals surface area (Å²) in [5.41, 5.74) is 36.1. The first-order valence-electron chi connectivity index (χ1n) is 44.8. The van der Waals surface area contributed by atoms with Crippen LogP contribution in [-0.4, -0.2) is 0 Å². The Labute approximate surface area is 697 Å². The fraction of sp³-hybridized carbons (Fsp3) is 0.310. The van der Waals surface area contributed by atoms with Crippen molar-refractivity contribution in [2.75, 3.05) is 14.7 Å². The summed E-state index contributed by atoms with van der Waals surface area (Å²) in [7, 11) is 0. The van der Waals surface area contributed by atoms with E-state index in [0.717, 1.165) is 84.0 Å². The van der Waals surface area contributed by atoms with E-state index in [1.807, 2.05) is 0 Å². The second-order valence-electron chi connectivity index (χ2n) is 33.3. The van der Waals surface area contributed by atoms with Crippen LogP contribution in [0, 0.1) is 13.8 Å². The van der Waals surface area contributed by atoms with Crippen molar-refractivity contribution in [3.05, 3.63) is 364 Å². The standard InChI is InChI=1S/C113H125N3/c1-9-15-21-25-35-88-39-29-43-98(77-88)113(99-44-30-40-89(78-99)36-26-22-16-10-2)111-75-85(8)49-73-109(111)110-74-60-97(83-112(110)113)94-58-67-103(68-59-94)115(102-65-52-87(53-66-102)34-20-14-6)107-46-32-42-96(82-107)93-56-71-105(72-57-93)116(108-79-90(37-27-23-17-11-3)76-91(80-108)38-28-24-18-12-4)104-69-54-92(55-70-104)95-41-31-45-106(81-95)114(100-61-47-84(7)48-62-100)101-63-50-86(51-64-101)33-19-13-5/h29-32,39-83H,9-28,33-38H2,1-8H3. The summed E-state index contributed by atoms with van der Waals surface area (Å²) < 4.78 is 0. The SMILES string of the molecule is CCCCCCc1cc(CCCCCC)cc(N(c2ccc(-c3cccc(N(c4ccc(C)cc4)c4ccc(CCCC)cc4)c3)cc2)c2ccc(-c3cccc(N(c4ccc(CCCC)cc4)c4ccc(-c5ccc6c(c5)C(c5cccc(CCCCCC)c5)(c5cccc(CCCCCC)c5)c5cc(C)ccc5-6)cc4)c3)cc2)c1. The topological polar surface area (TPSA) is 9.72 Å². The van der Waals surface area contributed by atoms with E-state index >= 15 is 0 Å². The molecule has 0 aromatic heterocycles. The first kappa shape index (κ1) is 81.8. The van der Waals surface area contributed by atoms with Crippen LogP contribution in [-0.2, 0) is 43.9 Å². The summed E-state index contributed by atoms with van der Waals surface area (Å²) in [6.45, 7) is 18.3. The highest BCUT2D eigenvalue weighted by Crippen LogP contribution is 2.58. The molecule has 3 nitrogen and oxygen atoms in total. The lowest BCUT2D eigenvalue weighted by Crippen LogP contribution is -2.29. The maximum Gasteiger partial charge on any atom is 0.0714 e. The Hall–Kier alpha value is -10.7. The molecule has 0 amide bonds. The Morgan fingerprint density at radius 1 is 0.198 bits per heavy atom. The molecule has 3 heteroatoms. The van der Waals surface area contributed by atoms with Crippen molar-refractivity contribution in [2.45, 2.75) is 228 Å². The number of aryl methyl sites for hydroxylation is 8. The van der Waals surface area contributed by atoms with Crippen LogP contribution >= 0.6 is 0 Å². The summed E-state index contributed by atoms with van der Waals surface area (Å²) in [5.74, 6) is 0. The molecular weight excluding hydrogens is 1400 g/mol. The van der Waals surface area contributed by atoms with Crippen LogP contribution in [0.4, 0.5) is 51.2 Å². The van der Waals surface area contributed by atoms with E-state index in [1.54, 1.807) is 0 Å². The molecule has 592 valence electrons. The molecule has 14 rings (SSSR count). The molecule has 0 radical (unpaired) electrons. The van der Waals surface area contributed by atoms with Gasteiger partial charge in [-0.1, -0.05) is 325 Å². The lowest BCUT2D eigenvalue weighted by molar-refractivity contribution is 0.661. The summed E-state index contributed by atoms with van der Waals surface area (Å²) in [6, 6.07) is 116. The second kappa shape index (κ2) is 40.2. The maximum absolute atomic E-state index is 2.57. The van der Waals surface area contributed by atoms with Gasteiger partial charge in [0.25, 0.3) is 0 Å². The zero-order valence-electron chi connectivity index (χ0n) is 71.0. The number of rotatable bonds is 40. The highest BCUT2D eigenvalue weighted by molar-refractivity contribution is 5.90. The Kier molecular flexibility index (Phi) is 28.4. The Morgan fingerprint density at radius 2 is 0.517 bits per heavy atom. The Morgan fingerprint density at radius 3 is 0.922 bits per heavy atom. The minimum absolute atomic E-state index is 0.511. The van der Waals surface area contributed by atoms with Crippen LogP contribution in [0.2, 0.25) is 0 Å². The van der Waals surface area contributed by atoms with Gasteiger partial charge in [-0.05, 0) is 306 Å². The predicted molar refractivity (Wildman–Crippen MR) is 502 cm³/mol. The minimum Gasteiger partial charge on any atom is -0.310 e. The van der Waals surface area contributed by atoms with Gasteiger partial charge in [-0.3, -0.25) is 0 Å². The quantitative estimate of drug-likeness (QED) is 0.0355. The predicted octanol–water partition coefficient (Wildman–Crippen LogP) is 33.3. The van der Waals surface area contributed by atoms with Gasteiger partial charge in [0.15, 0.2) is 0 Å². The maximum atomic E-state index is 2.57. The molecule has 0 saturated carbocycles. The van der Waals surface area contributed by atoms with E-state index in [1.165, 1.54) is 245 Å². The normalized spacial score (nSPS) is 12.1. The third-order valence-corrected chi connectivity index (χ3v) is 24.5. The average Bonchev–Trinajstić information content (AvgIpc) is 1.53. The summed E-state index contributed by atoms with van der Waals surface area (Å²) in [5, 5.41) is 0. The smallest absolute Gasteiger partial charge is 0.0714 e. The minimum atomic E-state index is -0.511. The van der Waals surface area contributed by atoms with Gasteiger partial charge >= 0.3 is 0 Å². The van der Waals surface area contributed by atoms with Gasteiger partial charge in [-0.15, -0.1) is 0 Å². The van der Waals surface area contributed by atoms with Crippen LogP contribution in [0.15, 0.2) is 297 Å². The molecule has 116 heavy (non-hydrogen) atoms. The average molecular weight is 1530 g/mol. The third-order valence-electron chi connectivity index (χ3n) is 24.5. The van der Waals surface area contributed by atoms with Crippen molar-refractivity contribution in [1.82, 2.24) is 0 Å². The van der Waals surface area contributed by atoms with Crippen molar-refractivity contribution in [1.29, 1.82) is 0 Å². The van der Waals surface area contributed by atoms with E-state index < -0.39 is 5.41 Å². The van der Waals surface area contributed by atoms with Gasteiger partial charge < -0.3 is 14.7 Å². The lowest BCUT2D eigenvalue weighted by atomic mass is 9.66. The van der Waals surface area contributed by atoms with E-state index in [0.29, 0.717) is 0 Å².